The Hall–Kier alpha value is -2.65. The molecule has 2 aromatic carbocycles. The maximum absolute atomic E-state index is 12.1. The first kappa shape index (κ1) is 17.7. The fourth-order valence-electron chi connectivity index (χ4n) is 1.81. The first-order valence-electron chi connectivity index (χ1n) is 6.53. The third-order valence-electron chi connectivity index (χ3n) is 2.96. The lowest BCUT2D eigenvalue weighted by molar-refractivity contribution is -0.383. The van der Waals surface area contributed by atoms with Crippen LogP contribution in [0.25, 0.3) is 0 Å². The number of nitro groups is 1. The molecular weight excluding hydrogens is 358 g/mol. The van der Waals surface area contributed by atoms with Crippen LogP contribution in [0.4, 0.5) is 16.2 Å². The van der Waals surface area contributed by atoms with Crippen LogP contribution in [-0.2, 0) is 10.0 Å². The second-order valence-corrected chi connectivity index (χ2v) is 6.91. The maximum atomic E-state index is 12.1. The van der Waals surface area contributed by atoms with Gasteiger partial charge in [0.25, 0.3) is 15.7 Å². The van der Waals surface area contributed by atoms with E-state index in [1.165, 1.54) is 24.3 Å². The molecule has 0 atom stereocenters. The predicted octanol–water partition coefficient (Wildman–Crippen LogP) is 3.07. The van der Waals surface area contributed by atoms with E-state index in [-0.39, 0.29) is 15.6 Å². The number of hydrogen-bond donors (Lipinski definition) is 2. The van der Waals surface area contributed by atoms with Crippen molar-refractivity contribution in [2.75, 3.05) is 5.32 Å². The van der Waals surface area contributed by atoms with Gasteiger partial charge in [0.2, 0.25) is 0 Å². The number of sulfonamides is 1. The number of amides is 2. The minimum absolute atomic E-state index is 0.103. The lowest BCUT2D eigenvalue weighted by Crippen LogP contribution is -2.34. The number of carbonyl (C=O) groups is 1. The average Bonchev–Trinajstić information content (AvgIpc) is 2.48. The van der Waals surface area contributed by atoms with E-state index in [4.69, 9.17) is 11.6 Å². The predicted molar refractivity (Wildman–Crippen MR) is 88.6 cm³/mol. The molecule has 126 valence electrons. The molecule has 2 aromatic rings. The van der Waals surface area contributed by atoms with Crippen LogP contribution in [0.3, 0.4) is 0 Å². The Morgan fingerprint density at radius 3 is 2.38 bits per heavy atom. The maximum Gasteiger partial charge on any atom is 0.333 e. The largest absolute Gasteiger partial charge is 0.333 e. The molecule has 10 heteroatoms. The minimum Gasteiger partial charge on any atom is -0.301 e. The molecule has 0 aliphatic rings. The zero-order valence-corrected chi connectivity index (χ0v) is 13.9. The van der Waals surface area contributed by atoms with Crippen molar-refractivity contribution in [3.63, 3.8) is 0 Å². The zero-order chi connectivity index (χ0) is 17.9. The summed E-state index contributed by atoms with van der Waals surface area (Å²) >= 11 is 5.67. The molecule has 0 aliphatic heterocycles. The molecule has 2 N–H and O–H groups in total. The molecule has 0 unspecified atom stereocenters. The number of hydrogen-bond acceptors (Lipinski definition) is 5. The molecule has 24 heavy (non-hydrogen) atoms. The van der Waals surface area contributed by atoms with E-state index in [0.29, 0.717) is 0 Å². The fraction of sp³-hybridized carbons (Fsp3) is 0.0714. The Morgan fingerprint density at radius 1 is 1.17 bits per heavy atom. The van der Waals surface area contributed by atoms with Gasteiger partial charge in [-0.25, -0.2) is 17.9 Å². The van der Waals surface area contributed by atoms with Gasteiger partial charge in [-0.3, -0.25) is 10.1 Å². The topological polar surface area (TPSA) is 118 Å². The Labute approximate surface area is 142 Å². The van der Waals surface area contributed by atoms with Crippen LogP contribution in [-0.4, -0.2) is 19.4 Å². The van der Waals surface area contributed by atoms with Gasteiger partial charge in [0.15, 0.2) is 0 Å². The van der Waals surface area contributed by atoms with Crippen LogP contribution >= 0.6 is 11.6 Å². The number of aryl methyl sites for hydroxylation is 1. The van der Waals surface area contributed by atoms with Crippen molar-refractivity contribution < 1.29 is 18.1 Å². The van der Waals surface area contributed by atoms with Gasteiger partial charge in [0.05, 0.1) is 9.82 Å². The molecule has 0 aliphatic carbocycles. The summed E-state index contributed by atoms with van der Waals surface area (Å²) < 4.78 is 26.0. The van der Waals surface area contributed by atoms with Crippen LogP contribution < -0.4 is 10.0 Å². The number of nitro benzene ring substituents is 1. The summed E-state index contributed by atoms with van der Waals surface area (Å²) in [5, 5.41) is 13.2. The van der Waals surface area contributed by atoms with Gasteiger partial charge in [-0.1, -0.05) is 29.3 Å². The van der Waals surface area contributed by atoms with Crippen LogP contribution in [0.5, 0.6) is 0 Å². The minimum atomic E-state index is -4.10. The second-order valence-electron chi connectivity index (χ2n) is 4.79. The second kappa shape index (κ2) is 6.85. The molecule has 0 heterocycles. The number of carbonyl (C=O) groups excluding carboxylic acids is 1. The van der Waals surface area contributed by atoms with E-state index >= 15 is 0 Å². The summed E-state index contributed by atoms with van der Waals surface area (Å²) in [7, 11) is -4.10. The lowest BCUT2D eigenvalue weighted by atomic mass is 10.2. The number of benzene rings is 2. The third-order valence-corrected chi connectivity index (χ3v) is 4.55. The van der Waals surface area contributed by atoms with E-state index in [9.17, 15) is 23.3 Å². The zero-order valence-electron chi connectivity index (χ0n) is 12.3. The van der Waals surface area contributed by atoms with Crippen molar-refractivity contribution in [1.29, 1.82) is 0 Å². The van der Waals surface area contributed by atoms with Crippen LogP contribution in [0.2, 0.25) is 5.02 Å². The number of rotatable bonds is 4. The van der Waals surface area contributed by atoms with Crippen molar-refractivity contribution in [3.8, 4) is 0 Å². The first-order valence-corrected chi connectivity index (χ1v) is 8.39. The van der Waals surface area contributed by atoms with Crippen molar-refractivity contribution in [2.45, 2.75) is 11.8 Å². The quantitative estimate of drug-likeness (QED) is 0.634. The summed E-state index contributed by atoms with van der Waals surface area (Å²) in [6, 6.07) is 8.31. The van der Waals surface area contributed by atoms with Crippen LogP contribution in [0, 0.1) is 17.0 Å². The molecule has 2 amide bonds. The smallest absolute Gasteiger partial charge is 0.301 e. The number of halogens is 1. The Kier molecular flexibility index (Phi) is 5.05. The molecule has 0 spiro atoms. The molecule has 0 radical (unpaired) electrons. The van der Waals surface area contributed by atoms with Gasteiger partial charge in [-0.05, 0) is 31.2 Å². The SMILES string of the molecule is Cc1ccc(S(=O)(=O)NC(=O)Nc2ccc(Cl)cc2[N+](=O)[O-])cc1. The number of urea groups is 1. The number of nitrogens with zero attached hydrogens (tertiary/aromatic N) is 1. The normalized spacial score (nSPS) is 10.9. The van der Waals surface area contributed by atoms with Gasteiger partial charge in [0, 0.05) is 11.1 Å². The van der Waals surface area contributed by atoms with Gasteiger partial charge in [-0.2, -0.15) is 0 Å². The molecule has 0 saturated heterocycles. The summed E-state index contributed by atoms with van der Waals surface area (Å²) in [6.07, 6.45) is 0. The number of nitrogens with one attached hydrogen (secondary N) is 2. The molecule has 0 fully saturated rings. The van der Waals surface area contributed by atoms with Crippen molar-refractivity contribution in [1.82, 2.24) is 4.72 Å². The van der Waals surface area contributed by atoms with Gasteiger partial charge < -0.3 is 5.32 Å². The molecular formula is C14H12ClN3O5S. The summed E-state index contributed by atoms with van der Waals surface area (Å²) in [5.41, 5.74) is 0.224. The van der Waals surface area contributed by atoms with Crippen molar-refractivity contribution in [3.05, 3.63) is 63.2 Å². The Morgan fingerprint density at radius 2 is 1.79 bits per heavy atom. The fourth-order valence-corrected chi connectivity index (χ4v) is 2.88. The highest BCUT2D eigenvalue weighted by Gasteiger charge is 2.21. The lowest BCUT2D eigenvalue weighted by Gasteiger charge is -2.09. The highest BCUT2D eigenvalue weighted by Crippen LogP contribution is 2.27. The summed E-state index contributed by atoms with van der Waals surface area (Å²) in [4.78, 5) is 22.0. The van der Waals surface area contributed by atoms with Gasteiger partial charge in [-0.15, -0.1) is 0 Å². The molecule has 0 bridgehead atoms. The molecule has 8 nitrogen and oxygen atoms in total. The average molecular weight is 370 g/mol. The summed E-state index contributed by atoms with van der Waals surface area (Å²) in [6.45, 7) is 1.79. The van der Waals surface area contributed by atoms with E-state index in [1.54, 1.807) is 23.8 Å². The standard InChI is InChI=1S/C14H12ClN3O5S/c1-9-2-5-11(6-3-9)24(22,23)17-14(19)16-12-7-4-10(15)8-13(12)18(20)21/h2-8H,1H3,(H2,16,17,19). The van der Waals surface area contributed by atoms with E-state index in [2.05, 4.69) is 5.32 Å². The van der Waals surface area contributed by atoms with Crippen molar-refractivity contribution in [2.24, 2.45) is 0 Å². The van der Waals surface area contributed by atoms with E-state index in [1.807, 2.05) is 0 Å². The van der Waals surface area contributed by atoms with Crippen molar-refractivity contribution >= 4 is 39.0 Å². The molecule has 2 rings (SSSR count). The molecule has 0 aromatic heterocycles. The Bertz CT molecular complexity index is 897. The van der Waals surface area contributed by atoms with Crippen LogP contribution in [0.15, 0.2) is 47.4 Å². The highest BCUT2D eigenvalue weighted by atomic mass is 35.5. The van der Waals surface area contributed by atoms with Gasteiger partial charge >= 0.3 is 6.03 Å². The van der Waals surface area contributed by atoms with Gasteiger partial charge in [0.1, 0.15) is 5.69 Å². The van der Waals surface area contributed by atoms with E-state index in [0.717, 1.165) is 11.6 Å². The van der Waals surface area contributed by atoms with E-state index < -0.39 is 26.7 Å². The van der Waals surface area contributed by atoms with Crippen LogP contribution in [0.1, 0.15) is 5.56 Å². The monoisotopic (exact) mass is 369 g/mol. The highest BCUT2D eigenvalue weighted by molar-refractivity contribution is 7.90. The number of anilines is 1. The summed E-state index contributed by atoms with van der Waals surface area (Å²) in [5.74, 6) is 0. The first-order chi connectivity index (χ1) is 11.2. The Balaban J connectivity index is 2.19. The molecule has 0 saturated carbocycles. The third kappa shape index (κ3) is 4.21.